The van der Waals surface area contributed by atoms with Gasteiger partial charge in [-0.3, -0.25) is 15.3 Å². The van der Waals surface area contributed by atoms with Crippen LogP contribution in [0, 0.1) is 45.3 Å². The van der Waals surface area contributed by atoms with Crippen LogP contribution < -0.4 is 0 Å². The van der Waals surface area contributed by atoms with Gasteiger partial charge in [-0.25, -0.2) is 0 Å². The molecule has 4 aliphatic rings. The highest BCUT2D eigenvalue weighted by Gasteiger charge is 2.65. The number of hydrogen-bond donors (Lipinski definition) is 3. The summed E-state index contributed by atoms with van der Waals surface area (Å²) in [4.78, 5) is 12.4. The van der Waals surface area contributed by atoms with Crippen molar-refractivity contribution in [3.63, 3.8) is 0 Å². The molecule has 4 rings (SSSR count). The summed E-state index contributed by atoms with van der Waals surface area (Å²) in [6, 6.07) is 0. The average Bonchev–Trinajstić information content (AvgIpc) is 3.06. The van der Waals surface area contributed by atoms with Gasteiger partial charge in [-0.15, -0.1) is 0 Å². The molecule has 8 atom stereocenters. The van der Waals surface area contributed by atoms with Crippen molar-refractivity contribution < 1.29 is 25.2 Å². The molecule has 0 aromatic heterocycles. The molecule has 0 saturated heterocycles. The lowest BCUT2D eigenvalue weighted by atomic mass is 9.43. The van der Waals surface area contributed by atoms with E-state index in [1.165, 1.54) is 44.1 Å². The maximum Gasteiger partial charge on any atom is 0.303 e. The van der Waals surface area contributed by atoms with Crippen molar-refractivity contribution in [1.29, 1.82) is 0 Å². The predicted octanol–water partition coefficient (Wildman–Crippen LogP) is 8.12. The average molecular weight is 521 g/mol. The lowest BCUT2D eigenvalue weighted by Gasteiger charge is -2.63. The van der Waals surface area contributed by atoms with Crippen LogP contribution in [0.5, 0.6) is 0 Å². The molecule has 0 bridgehead atoms. The number of aliphatic hydroxyl groups excluding tert-OH is 1. The number of hydrogen-bond acceptors (Lipinski definition) is 5. The number of allylic oxidation sites excluding steroid dienone is 1. The number of aliphatic hydroxyl groups is 1. The fourth-order valence-electron chi connectivity index (χ4n) is 10.2. The predicted molar refractivity (Wildman–Crippen MR) is 149 cm³/mol. The number of esters is 1. The second-order valence-electron chi connectivity index (χ2n) is 14.9. The van der Waals surface area contributed by atoms with Crippen molar-refractivity contribution in [2.24, 2.45) is 45.3 Å². The first kappa shape index (κ1) is 30.6. The number of fused-ring (bicyclic) bond motifs is 4. The third-order valence-electron chi connectivity index (χ3n) is 11.9. The van der Waals surface area contributed by atoms with Crippen LogP contribution in [0.3, 0.4) is 0 Å². The first-order valence-electron chi connectivity index (χ1n) is 14.9. The number of carbonyl (C=O) groups is 1. The molecule has 5 heteroatoms. The zero-order valence-corrected chi connectivity index (χ0v) is 25.2. The van der Waals surface area contributed by atoms with E-state index in [0.717, 1.165) is 43.4 Å². The summed E-state index contributed by atoms with van der Waals surface area (Å²) < 4.78 is 6.22. The largest absolute Gasteiger partial charge is 0.458 e. The minimum atomic E-state index is -0.247. The molecule has 5 nitrogen and oxygen atoms in total. The van der Waals surface area contributed by atoms with Gasteiger partial charge in [0.25, 0.3) is 0 Å². The molecule has 0 spiro atoms. The van der Waals surface area contributed by atoms with Crippen LogP contribution in [0.25, 0.3) is 0 Å². The van der Waals surface area contributed by atoms with Crippen molar-refractivity contribution in [2.75, 3.05) is 0 Å². The van der Waals surface area contributed by atoms with E-state index in [1.54, 1.807) is 12.5 Å². The van der Waals surface area contributed by atoms with E-state index in [0.29, 0.717) is 5.92 Å². The lowest BCUT2D eigenvalue weighted by Crippen LogP contribution is -2.57. The van der Waals surface area contributed by atoms with Gasteiger partial charge >= 0.3 is 5.97 Å². The second-order valence-corrected chi connectivity index (χ2v) is 14.9. The topological polar surface area (TPSA) is 87.0 Å². The summed E-state index contributed by atoms with van der Waals surface area (Å²) in [5.41, 5.74) is 3.38. The van der Waals surface area contributed by atoms with E-state index in [2.05, 4.69) is 55.4 Å². The Balaban J connectivity index is 0.00000186. The summed E-state index contributed by atoms with van der Waals surface area (Å²) in [7, 11) is 0. The molecule has 2 saturated carbocycles. The van der Waals surface area contributed by atoms with Crippen LogP contribution in [0.2, 0.25) is 0 Å². The van der Waals surface area contributed by atoms with Gasteiger partial charge in [-0.2, -0.15) is 0 Å². The summed E-state index contributed by atoms with van der Waals surface area (Å²) >= 11 is 0. The Morgan fingerprint density at radius 3 is 2.27 bits per heavy atom. The monoisotopic (exact) mass is 520 g/mol. The van der Waals surface area contributed by atoms with Crippen molar-refractivity contribution in [1.82, 2.24) is 0 Å². The normalized spacial score (nSPS) is 41.2. The fraction of sp³-hybridized carbons (Fsp3) is 0.906. The molecule has 214 valence electrons. The Kier molecular flexibility index (Phi) is 9.05. The minimum absolute atomic E-state index is 0.00153. The summed E-state index contributed by atoms with van der Waals surface area (Å²) in [5, 5.41) is 23.0. The Morgan fingerprint density at radius 2 is 1.68 bits per heavy atom. The summed E-state index contributed by atoms with van der Waals surface area (Å²) in [6.07, 6.45) is 11.1. The molecule has 0 aromatic rings. The van der Waals surface area contributed by atoms with E-state index < -0.39 is 0 Å². The summed E-state index contributed by atoms with van der Waals surface area (Å²) in [5.74, 6) is 2.53. The van der Waals surface area contributed by atoms with E-state index in [-0.39, 0.29) is 39.8 Å². The molecule has 2 fully saturated rings. The second kappa shape index (κ2) is 10.9. The highest BCUT2D eigenvalue weighted by molar-refractivity contribution is 5.67. The van der Waals surface area contributed by atoms with Gasteiger partial charge in [-0.1, -0.05) is 80.2 Å². The maximum absolute atomic E-state index is 12.4. The molecule has 0 heterocycles. The SMILES string of the molecule is CC(=O)O[C@H]1C[C@H]2C(C)(C)C[C@@H](O)C[C@]2(C)C2=C1[C@]1(C)CC[C@H]([C@H](C)CCCC(C)C)[C@@]1(C)CC2.OO. The molecule has 0 unspecified atom stereocenters. The first-order chi connectivity index (χ1) is 17.2. The third-order valence-corrected chi connectivity index (χ3v) is 11.9. The molecule has 37 heavy (non-hydrogen) atoms. The van der Waals surface area contributed by atoms with Crippen LogP contribution in [0.4, 0.5) is 0 Å². The summed E-state index contributed by atoms with van der Waals surface area (Å²) in [6.45, 7) is 21.0. The van der Waals surface area contributed by atoms with Crippen molar-refractivity contribution >= 4 is 5.97 Å². The zero-order valence-electron chi connectivity index (χ0n) is 25.2. The third kappa shape index (κ3) is 5.18. The highest BCUT2D eigenvalue weighted by atomic mass is 17.0. The quantitative estimate of drug-likeness (QED) is 0.142. The first-order valence-corrected chi connectivity index (χ1v) is 14.9. The molecule has 0 aliphatic heterocycles. The molecule has 4 aliphatic carbocycles. The molecular formula is C32H56O5. The van der Waals surface area contributed by atoms with Gasteiger partial charge in [0.2, 0.25) is 0 Å². The molecule has 0 amide bonds. The van der Waals surface area contributed by atoms with Crippen LogP contribution in [0.15, 0.2) is 11.1 Å². The van der Waals surface area contributed by atoms with Gasteiger partial charge in [-0.05, 0) is 95.9 Å². The zero-order chi connectivity index (χ0) is 28.0. The maximum atomic E-state index is 12.4. The van der Waals surface area contributed by atoms with Crippen LogP contribution in [-0.2, 0) is 9.53 Å². The Hall–Kier alpha value is -0.910. The van der Waals surface area contributed by atoms with Crippen molar-refractivity contribution in [3.8, 4) is 0 Å². The number of ether oxygens (including phenoxy) is 1. The van der Waals surface area contributed by atoms with Gasteiger partial charge in [0.15, 0.2) is 0 Å². The van der Waals surface area contributed by atoms with E-state index >= 15 is 0 Å². The van der Waals surface area contributed by atoms with E-state index in [1.807, 2.05) is 0 Å². The number of carbonyl (C=O) groups excluding carboxylic acids is 1. The van der Waals surface area contributed by atoms with Crippen molar-refractivity contribution in [2.45, 2.75) is 139 Å². The van der Waals surface area contributed by atoms with Gasteiger partial charge < -0.3 is 9.84 Å². The van der Waals surface area contributed by atoms with Crippen LogP contribution in [0.1, 0.15) is 127 Å². The molecule has 0 aromatic carbocycles. The van der Waals surface area contributed by atoms with Gasteiger partial charge in [0.1, 0.15) is 6.10 Å². The minimum Gasteiger partial charge on any atom is -0.458 e. The van der Waals surface area contributed by atoms with Gasteiger partial charge in [0.05, 0.1) is 6.10 Å². The van der Waals surface area contributed by atoms with Crippen LogP contribution >= 0.6 is 0 Å². The Bertz CT molecular complexity index is 861. The fourth-order valence-corrected chi connectivity index (χ4v) is 10.2. The highest BCUT2D eigenvalue weighted by Crippen LogP contribution is 2.72. The lowest BCUT2D eigenvalue weighted by molar-refractivity contribution is -0.176. The van der Waals surface area contributed by atoms with E-state index in [9.17, 15) is 9.90 Å². The smallest absolute Gasteiger partial charge is 0.303 e. The Morgan fingerprint density at radius 1 is 1.03 bits per heavy atom. The molecule has 0 radical (unpaired) electrons. The molecular weight excluding hydrogens is 464 g/mol. The van der Waals surface area contributed by atoms with Crippen molar-refractivity contribution in [3.05, 3.63) is 11.1 Å². The van der Waals surface area contributed by atoms with E-state index in [4.69, 9.17) is 15.3 Å². The standard InChI is InChI=1S/C32H54O3.H2O2/c1-20(2)11-10-12-21(3)24-13-16-32(9)28-25(14-15-31(24,32)8)30(7)19-23(34)18-29(5,6)27(30)17-26(28)35-22(4)33;1-2/h20-21,23-24,26-27,34H,10-19H2,1-9H3;1-2H/t21-,23-,24-,26+,27+,30-,31-,32+;/m1./s1. The Labute approximate surface area is 226 Å². The molecule has 3 N–H and O–H groups in total. The van der Waals surface area contributed by atoms with Gasteiger partial charge in [0, 0.05) is 6.92 Å². The number of rotatable bonds is 6. The van der Waals surface area contributed by atoms with Crippen LogP contribution in [-0.4, -0.2) is 33.8 Å².